The van der Waals surface area contributed by atoms with Crippen molar-refractivity contribution in [3.63, 3.8) is 0 Å². The highest BCUT2D eigenvalue weighted by Gasteiger charge is 2.14. The van der Waals surface area contributed by atoms with Crippen molar-refractivity contribution >= 4 is 27.8 Å². The third-order valence-electron chi connectivity index (χ3n) is 2.79. The quantitative estimate of drug-likeness (QED) is 0.844. The van der Waals surface area contributed by atoms with Crippen molar-refractivity contribution in [2.45, 2.75) is 39.2 Å². The zero-order valence-electron chi connectivity index (χ0n) is 11.1. The van der Waals surface area contributed by atoms with Crippen molar-refractivity contribution in [3.05, 3.63) is 33.8 Å². The molecule has 104 valence electrons. The Bertz CT molecular complexity index is 474. The molecule has 5 heteroatoms. The summed E-state index contributed by atoms with van der Waals surface area (Å²) in [5.74, 6) is -0.989. The number of aliphatic carboxylic acids is 1. The smallest absolute Gasteiger partial charge is 0.303 e. The van der Waals surface area contributed by atoms with E-state index in [9.17, 15) is 9.59 Å². The summed E-state index contributed by atoms with van der Waals surface area (Å²) in [4.78, 5) is 21.8. The van der Waals surface area contributed by atoms with Gasteiger partial charge in [0.05, 0.1) is 0 Å². The summed E-state index contributed by atoms with van der Waals surface area (Å²) in [6, 6.07) is 5.85. The lowest BCUT2D eigenvalue weighted by molar-refractivity contribution is -0.137. The third kappa shape index (κ3) is 5.87. The second-order valence-electron chi connectivity index (χ2n) is 4.63. The van der Waals surface area contributed by atoms with E-state index >= 15 is 0 Å². The van der Waals surface area contributed by atoms with Crippen molar-refractivity contribution < 1.29 is 14.7 Å². The molecule has 0 radical (unpaired) electrons. The van der Waals surface area contributed by atoms with Gasteiger partial charge in [-0.3, -0.25) is 9.59 Å². The molecule has 1 aromatic carbocycles. The van der Waals surface area contributed by atoms with E-state index < -0.39 is 5.97 Å². The number of benzene rings is 1. The number of hydrogen-bond acceptors (Lipinski definition) is 2. The van der Waals surface area contributed by atoms with Gasteiger partial charge in [-0.15, -0.1) is 0 Å². The SMILES string of the molecule is CC(=O)NC(CCC(=O)O)Cc1ccc(C)cc1Br. The van der Waals surface area contributed by atoms with Gasteiger partial charge in [-0.05, 0) is 37.0 Å². The first-order valence-electron chi connectivity index (χ1n) is 6.12. The number of amides is 1. The second kappa shape index (κ2) is 7.28. The molecule has 0 heterocycles. The molecule has 0 saturated heterocycles. The van der Waals surface area contributed by atoms with Crippen LogP contribution in [0.5, 0.6) is 0 Å². The summed E-state index contributed by atoms with van der Waals surface area (Å²) < 4.78 is 0.984. The van der Waals surface area contributed by atoms with E-state index in [0.717, 1.165) is 15.6 Å². The highest BCUT2D eigenvalue weighted by Crippen LogP contribution is 2.20. The van der Waals surface area contributed by atoms with Crippen molar-refractivity contribution in [3.8, 4) is 0 Å². The molecule has 1 amide bonds. The Hall–Kier alpha value is -1.36. The van der Waals surface area contributed by atoms with Gasteiger partial charge in [-0.25, -0.2) is 0 Å². The molecule has 0 saturated carbocycles. The van der Waals surface area contributed by atoms with E-state index in [1.165, 1.54) is 6.92 Å². The van der Waals surface area contributed by atoms with E-state index in [-0.39, 0.29) is 18.4 Å². The Labute approximate surface area is 121 Å². The summed E-state index contributed by atoms with van der Waals surface area (Å²) in [6.07, 6.45) is 1.09. The molecule has 0 fully saturated rings. The standard InChI is InChI=1S/C14H18BrNO3/c1-9-3-4-11(13(15)7-9)8-12(16-10(2)17)5-6-14(18)19/h3-4,7,12H,5-6,8H2,1-2H3,(H,16,17)(H,18,19). The van der Waals surface area contributed by atoms with Gasteiger partial charge in [0, 0.05) is 23.9 Å². The third-order valence-corrected chi connectivity index (χ3v) is 3.53. The first kappa shape index (κ1) is 15.7. The molecule has 0 aliphatic heterocycles. The number of carbonyl (C=O) groups excluding carboxylic acids is 1. The van der Waals surface area contributed by atoms with Crippen LogP contribution in [0.2, 0.25) is 0 Å². The Morgan fingerprint density at radius 1 is 1.42 bits per heavy atom. The maximum absolute atomic E-state index is 11.2. The van der Waals surface area contributed by atoms with Crippen LogP contribution < -0.4 is 5.32 Å². The zero-order valence-corrected chi connectivity index (χ0v) is 12.7. The summed E-state index contributed by atoms with van der Waals surface area (Å²) in [5.41, 5.74) is 2.21. The fourth-order valence-electron chi connectivity index (χ4n) is 1.89. The summed E-state index contributed by atoms with van der Waals surface area (Å²) >= 11 is 3.49. The molecule has 0 aromatic heterocycles. The topological polar surface area (TPSA) is 66.4 Å². The van der Waals surface area contributed by atoms with Gasteiger partial charge in [0.2, 0.25) is 5.91 Å². The first-order chi connectivity index (χ1) is 8.88. The highest BCUT2D eigenvalue weighted by atomic mass is 79.9. The summed E-state index contributed by atoms with van der Waals surface area (Å²) in [5, 5.41) is 11.5. The largest absolute Gasteiger partial charge is 0.481 e. The van der Waals surface area contributed by atoms with Gasteiger partial charge in [0.15, 0.2) is 0 Å². The van der Waals surface area contributed by atoms with E-state index in [1.807, 2.05) is 25.1 Å². The molecule has 0 aliphatic rings. The fraction of sp³-hybridized carbons (Fsp3) is 0.429. The van der Waals surface area contributed by atoms with Crippen LogP contribution in [0.4, 0.5) is 0 Å². The van der Waals surface area contributed by atoms with E-state index in [2.05, 4.69) is 21.2 Å². The van der Waals surface area contributed by atoms with Crippen LogP contribution in [0, 0.1) is 6.92 Å². The monoisotopic (exact) mass is 327 g/mol. The van der Waals surface area contributed by atoms with E-state index in [4.69, 9.17) is 5.11 Å². The summed E-state index contributed by atoms with van der Waals surface area (Å²) in [6.45, 7) is 3.45. The maximum Gasteiger partial charge on any atom is 0.303 e. The molecule has 1 atom stereocenters. The maximum atomic E-state index is 11.2. The predicted molar refractivity (Wildman–Crippen MR) is 77.1 cm³/mol. The number of carbonyl (C=O) groups is 2. The fourth-order valence-corrected chi connectivity index (χ4v) is 2.55. The number of nitrogens with one attached hydrogen (secondary N) is 1. The minimum absolute atomic E-state index is 0.0500. The molecule has 19 heavy (non-hydrogen) atoms. The second-order valence-corrected chi connectivity index (χ2v) is 5.48. The van der Waals surface area contributed by atoms with Crippen LogP contribution in [-0.2, 0) is 16.0 Å². The molecular weight excluding hydrogens is 310 g/mol. The number of hydrogen-bond donors (Lipinski definition) is 2. The lowest BCUT2D eigenvalue weighted by Gasteiger charge is -2.18. The average molecular weight is 328 g/mol. The molecule has 1 unspecified atom stereocenters. The van der Waals surface area contributed by atoms with E-state index in [0.29, 0.717) is 12.8 Å². The van der Waals surface area contributed by atoms with Crippen LogP contribution in [0.25, 0.3) is 0 Å². The lowest BCUT2D eigenvalue weighted by Crippen LogP contribution is -2.35. The van der Waals surface area contributed by atoms with Gasteiger partial charge >= 0.3 is 5.97 Å². The number of carboxylic acids is 1. The zero-order chi connectivity index (χ0) is 14.4. The predicted octanol–water partition coefficient (Wildman–Crippen LogP) is 2.67. The minimum Gasteiger partial charge on any atom is -0.481 e. The molecule has 1 rings (SSSR count). The van der Waals surface area contributed by atoms with Gasteiger partial charge in [-0.1, -0.05) is 28.1 Å². The van der Waals surface area contributed by atoms with E-state index in [1.54, 1.807) is 0 Å². The van der Waals surface area contributed by atoms with Gasteiger partial charge in [0.25, 0.3) is 0 Å². The van der Waals surface area contributed by atoms with Gasteiger partial charge in [0.1, 0.15) is 0 Å². The first-order valence-corrected chi connectivity index (χ1v) is 6.91. The summed E-state index contributed by atoms with van der Waals surface area (Å²) in [7, 11) is 0. The minimum atomic E-state index is -0.849. The van der Waals surface area contributed by atoms with Gasteiger partial charge in [-0.2, -0.15) is 0 Å². The van der Waals surface area contributed by atoms with Crippen molar-refractivity contribution in [1.29, 1.82) is 0 Å². The number of rotatable bonds is 6. The molecule has 0 aliphatic carbocycles. The number of halogens is 1. The van der Waals surface area contributed by atoms with Crippen LogP contribution in [-0.4, -0.2) is 23.0 Å². The van der Waals surface area contributed by atoms with Crippen molar-refractivity contribution in [1.82, 2.24) is 5.32 Å². The normalized spacial score (nSPS) is 11.9. The highest BCUT2D eigenvalue weighted by molar-refractivity contribution is 9.10. The van der Waals surface area contributed by atoms with Crippen molar-refractivity contribution in [2.75, 3.05) is 0 Å². The number of aryl methyl sites for hydroxylation is 1. The lowest BCUT2D eigenvalue weighted by atomic mass is 10.0. The molecule has 1 aromatic rings. The van der Waals surface area contributed by atoms with Crippen LogP contribution >= 0.6 is 15.9 Å². The molecule has 2 N–H and O–H groups in total. The molecule has 0 bridgehead atoms. The molecule has 4 nitrogen and oxygen atoms in total. The molecular formula is C14H18BrNO3. The Balaban J connectivity index is 2.74. The Morgan fingerprint density at radius 2 is 2.11 bits per heavy atom. The Morgan fingerprint density at radius 3 is 2.63 bits per heavy atom. The van der Waals surface area contributed by atoms with Crippen LogP contribution in [0.3, 0.4) is 0 Å². The average Bonchev–Trinajstić information content (AvgIpc) is 2.28. The van der Waals surface area contributed by atoms with Crippen LogP contribution in [0.1, 0.15) is 30.9 Å². The number of carboxylic acid groups (broad SMARTS) is 1. The molecule has 0 spiro atoms. The Kier molecular flexibility index (Phi) is 6.02. The van der Waals surface area contributed by atoms with Crippen LogP contribution in [0.15, 0.2) is 22.7 Å². The van der Waals surface area contributed by atoms with Gasteiger partial charge < -0.3 is 10.4 Å². The van der Waals surface area contributed by atoms with Crippen molar-refractivity contribution in [2.24, 2.45) is 0 Å².